The summed E-state index contributed by atoms with van der Waals surface area (Å²) >= 11 is 5.65. The third kappa shape index (κ3) is 2.76. The van der Waals surface area contributed by atoms with Gasteiger partial charge >= 0.3 is 0 Å². The summed E-state index contributed by atoms with van der Waals surface area (Å²) in [6.45, 7) is 0. The zero-order chi connectivity index (χ0) is 12.3. The predicted octanol–water partition coefficient (Wildman–Crippen LogP) is 2.52. The highest BCUT2D eigenvalue weighted by Crippen LogP contribution is 2.13. The Kier molecular flexibility index (Phi) is 3.30. The lowest BCUT2D eigenvalue weighted by atomic mass is 10.3. The SMILES string of the molecule is O=C(Nc1ccncc1F)c1cccc(Cl)n1. The van der Waals surface area contributed by atoms with Crippen molar-refractivity contribution in [2.75, 3.05) is 5.32 Å². The molecule has 86 valence electrons. The quantitative estimate of drug-likeness (QED) is 0.835. The molecule has 0 atom stereocenters. The van der Waals surface area contributed by atoms with Gasteiger partial charge in [-0.25, -0.2) is 9.37 Å². The molecule has 6 heteroatoms. The van der Waals surface area contributed by atoms with Gasteiger partial charge in [0.2, 0.25) is 0 Å². The summed E-state index contributed by atoms with van der Waals surface area (Å²) in [5.41, 5.74) is 0.167. The number of hydrogen-bond acceptors (Lipinski definition) is 3. The lowest BCUT2D eigenvalue weighted by Gasteiger charge is -2.05. The highest BCUT2D eigenvalue weighted by atomic mass is 35.5. The van der Waals surface area contributed by atoms with Gasteiger partial charge in [-0.15, -0.1) is 0 Å². The number of anilines is 1. The van der Waals surface area contributed by atoms with Crippen molar-refractivity contribution in [3.05, 3.63) is 53.3 Å². The number of hydrogen-bond donors (Lipinski definition) is 1. The van der Waals surface area contributed by atoms with Crippen molar-refractivity contribution in [2.24, 2.45) is 0 Å². The molecular formula is C11H7ClFN3O. The first-order valence-corrected chi connectivity index (χ1v) is 5.08. The molecule has 0 radical (unpaired) electrons. The first kappa shape index (κ1) is 11.5. The number of aromatic nitrogens is 2. The lowest BCUT2D eigenvalue weighted by molar-refractivity contribution is 0.102. The summed E-state index contributed by atoms with van der Waals surface area (Å²) < 4.78 is 13.2. The summed E-state index contributed by atoms with van der Waals surface area (Å²) in [5.74, 6) is -1.14. The monoisotopic (exact) mass is 251 g/mol. The molecule has 17 heavy (non-hydrogen) atoms. The van der Waals surface area contributed by atoms with Gasteiger partial charge in [0.1, 0.15) is 10.8 Å². The summed E-state index contributed by atoms with van der Waals surface area (Å²) in [7, 11) is 0. The predicted molar refractivity (Wildman–Crippen MR) is 61.4 cm³/mol. The second-order valence-electron chi connectivity index (χ2n) is 3.16. The Bertz CT molecular complexity index is 562. The van der Waals surface area contributed by atoms with Gasteiger partial charge in [-0.2, -0.15) is 0 Å². The fraction of sp³-hybridized carbons (Fsp3) is 0. The number of halogens is 2. The molecule has 0 saturated heterocycles. The molecule has 2 aromatic heterocycles. The van der Waals surface area contributed by atoms with Crippen LogP contribution < -0.4 is 5.32 Å². The van der Waals surface area contributed by atoms with Crippen LogP contribution in [0.4, 0.5) is 10.1 Å². The maximum Gasteiger partial charge on any atom is 0.274 e. The van der Waals surface area contributed by atoms with Gasteiger partial charge in [-0.1, -0.05) is 17.7 Å². The molecule has 4 nitrogen and oxygen atoms in total. The minimum absolute atomic E-state index is 0.0479. The van der Waals surface area contributed by atoms with Crippen molar-refractivity contribution in [2.45, 2.75) is 0 Å². The second kappa shape index (κ2) is 4.88. The van der Waals surface area contributed by atoms with Crippen LogP contribution in [0.15, 0.2) is 36.7 Å². The van der Waals surface area contributed by atoms with Crippen LogP contribution in [0.25, 0.3) is 0 Å². The minimum Gasteiger partial charge on any atom is -0.318 e. The Morgan fingerprint density at radius 3 is 2.88 bits per heavy atom. The van der Waals surface area contributed by atoms with Crippen molar-refractivity contribution < 1.29 is 9.18 Å². The summed E-state index contributed by atoms with van der Waals surface area (Å²) in [5, 5.41) is 2.58. The van der Waals surface area contributed by atoms with Crippen LogP contribution in [-0.2, 0) is 0 Å². The van der Waals surface area contributed by atoms with E-state index in [9.17, 15) is 9.18 Å². The van der Waals surface area contributed by atoms with E-state index in [2.05, 4.69) is 15.3 Å². The number of pyridine rings is 2. The average molecular weight is 252 g/mol. The fourth-order valence-electron chi connectivity index (χ4n) is 1.20. The molecule has 0 aliphatic rings. The fourth-order valence-corrected chi connectivity index (χ4v) is 1.36. The van der Waals surface area contributed by atoms with Gasteiger partial charge in [0.15, 0.2) is 5.82 Å². The average Bonchev–Trinajstić information content (AvgIpc) is 2.32. The first-order chi connectivity index (χ1) is 8.16. The number of amides is 1. The molecule has 0 aliphatic heterocycles. The number of carbonyl (C=O) groups excluding carboxylic acids is 1. The van der Waals surface area contributed by atoms with Crippen LogP contribution in [0.3, 0.4) is 0 Å². The van der Waals surface area contributed by atoms with Gasteiger partial charge in [-0.3, -0.25) is 9.78 Å². The van der Waals surface area contributed by atoms with Gasteiger partial charge in [-0.05, 0) is 18.2 Å². The van der Waals surface area contributed by atoms with Crippen molar-refractivity contribution in [1.29, 1.82) is 0 Å². The minimum atomic E-state index is -0.608. The molecule has 0 spiro atoms. The molecule has 0 aliphatic carbocycles. The van der Waals surface area contributed by atoms with Crippen LogP contribution in [0, 0.1) is 5.82 Å². The van der Waals surface area contributed by atoms with Crippen LogP contribution in [-0.4, -0.2) is 15.9 Å². The number of nitrogens with zero attached hydrogens (tertiary/aromatic N) is 2. The van der Waals surface area contributed by atoms with E-state index < -0.39 is 11.7 Å². The Balaban J connectivity index is 2.20. The van der Waals surface area contributed by atoms with E-state index in [1.165, 1.54) is 18.3 Å². The van der Waals surface area contributed by atoms with E-state index in [0.717, 1.165) is 6.20 Å². The smallest absolute Gasteiger partial charge is 0.274 e. The first-order valence-electron chi connectivity index (χ1n) is 4.70. The molecule has 0 fully saturated rings. The Morgan fingerprint density at radius 1 is 1.35 bits per heavy atom. The Hall–Kier alpha value is -2.01. The Morgan fingerprint density at radius 2 is 2.18 bits per heavy atom. The number of rotatable bonds is 2. The van der Waals surface area contributed by atoms with Gasteiger partial charge in [0.05, 0.1) is 11.9 Å². The van der Waals surface area contributed by atoms with Crippen LogP contribution >= 0.6 is 11.6 Å². The number of carbonyl (C=O) groups is 1. The van der Waals surface area contributed by atoms with Crippen molar-refractivity contribution in [3.8, 4) is 0 Å². The highest BCUT2D eigenvalue weighted by molar-refractivity contribution is 6.29. The molecule has 1 amide bonds. The van der Waals surface area contributed by atoms with E-state index in [4.69, 9.17) is 11.6 Å². The summed E-state index contributed by atoms with van der Waals surface area (Å²) in [4.78, 5) is 19.1. The second-order valence-corrected chi connectivity index (χ2v) is 3.54. The molecule has 0 aromatic carbocycles. The lowest BCUT2D eigenvalue weighted by Crippen LogP contribution is -2.14. The Labute approximate surface area is 101 Å². The number of nitrogens with one attached hydrogen (secondary N) is 1. The van der Waals surface area contributed by atoms with Gasteiger partial charge in [0, 0.05) is 6.20 Å². The zero-order valence-corrected chi connectivity index (χ0v) is 9.28. The molecule has 0 saturated carbocycles. The van der Waals surface area contributed by atoms with Crippen molar-refractivity contribution in [3.63, 3.8) is 0 Å². The summed E-state index contributed by atoms with van der Waals surface area (Å²) in [6.07, 6.45) is 2.39. The van der Waals surface area contributed by atoms with Crippen molar-refractivity contribution in [1.82, 2.24) is 9.97 Å². The molecule has 2 aromatic rings. The molecule has 1 N–H and O–H groups in total. The molecule has 0 bridgehead atoms. The topological polar surface area (TPSA) is 54.9 Å². The van der Waals surface area contributed by atoms with E-state index in [1.54, 1.807) is 12.1 Å². The normalized spacial score (nSPS) is 10.0. The third-order valence-corrected chi connectivity index (χ3v) is 2.18. The summed E-state index contributed by atoms with van der Waals surface area (Å²) in [6, 6.07) is 5.98. The molecule has 0 unspecified atom stereocenters. The van der Waals surface area contributed by atoms with E-state index >= 15 is 0 Å². The van der Waals surface area contributed by atoms with Crippen molar-refractivity contribution >= 4 is 23.2 Å². The highest BCUT2D eigenvalue weighted by Gasteiger charge is 2.10. The maximum absolute atomic E-state index is 13.2. The van der Waals surface area contributed by atoms with Gasteiger partial charge < -0.3 is 5.32 Å². The van der Waals surface area contributed by atoms with E-state index in [-0.39, 0.29) is 16.5 Å². The van der Waals surface area contributed by atoms with Crippen LogP contribution in [0.2, 0.25) is 5.15 Å². The van der Waals surface area contributed by atoms with E-state index in [1.807, 2.05) is 0 Å². The molecular weight excluding hydrogens is 245 g/mol. The maximum atomic E-state index is 13.2. The van der Waals surface area contributed by atoms with Crippen LogP contribution in [0.5, 0.6) is 0 Å². The third-order valence-electron chi connectivity index (χ3n) is 1.97. The standard InChI is InChI=1S/C11H7ClFN3O/c12-10-3-1-2-9(15-10)11(17)16-8-4-5-14-6-7(8)13/h1-6H,(H,14,16,17). The molecule has 2 rings (SSSR count). The van der Waals surface area contributed by atoms with E-state index in [0.29, 0.717) is 0 Å². The zero-order valence-electron chi connectivity index (χ0n) is 8.52. The van der Waals surface area contributed by atoms with Crippen LogP contribution in [0.1, 0.15) is 10.5 Å². The largest absolute Gasteiger partial charge is 0.318 e. The molecule has 2 heterocycles. The van der Waals surface area contributed by atoms with Gasteiger partial charge in [0.25, 0.3) is 5.91 Å².